The molecule has 0 saturated carbocycles. The molecule has 0 spiro atoms. The maximum Gasteiger partial charge on any atom is 0.306 e. The van der Waals surface area contributed by atoms with Crippen molar-refractivity contribution in [1.82, 2.24) is 10.9 Å². The van der Waals surface area contributed by atoms with E-state index in [1.165, 1.54) is 0 Å². The number of anilines is 1. The van der Waals surface area contributed by atoms with E-state index in [1.807, 2.05) is 13.0 Å². The van der Waals surface area contributed by atoms with Gasteiger partial charge in [-0.3, -0.25) is 30.0 Å². The summed E-state index contributed by atoms with van der Waals surface area (Å²) in [6.07, 6.45) is 0.316. The highest BCUT2D eigenvalue weighted by Gasteiger charge is 2.12. The second-order valence-electron chi connectivity index (χ2n) is 9.39. The molecule has 0 fully saturated rings. The summed E-state index contributed by atoms with van der Waals surface area (Å²) in [6.45, 7) is 5.68. The number of benzene rings is 3. The predicted molar refractivity (Wildman–Crippen MR) is 155 cm³/mol. The maximum absolute atomic E-state index is 12.3. The molecule has 3 aromatic carbocycles. The fourth-order valence-corrected chi connectivity index (χ4v) is 3.88. The van der Waals surface area contributed by atoms with Crippen LogP contribution < -0.4 is 20.9 Å². The van der Waals surface area contributed by atoms with Crippen molar-refractivity contribution in [3.63, 3.8) is 0 Å². The lowest BCUT2D eigenvalue weighted by Crippen LogP contribution is -2.43. The topological polar surface area (TPSA) is 123 Å². The summed E-state index contributed by atoms with van der Waals surface area (Å²) in [7, 11) is 0. The van der Waals surface area contributed by atoms with Crippen LogP contribution in [0, 0.1) is 6.92 Å². The summed E-state index contributed by atoms with van der Waals surface area (Å²) in [5.74, 6) is -0.291. The average Bonchev–Trinajstić information content (AvgIpc) is 2.92. The van der Waals surface area contributed by atoms with Gasteiger partial charge in [0.05, 0.1) is 0 Å². The van der Waals surface area contributed by atoms with Gasteiger partial charge in [-0.25, -0.2) is 0 Å². The number of aryl methyl sites for hydroxylation is 1. The second-order valence-corrected chi connectivity index (χ2v) is 10.3. The molecular formula is C30H32BrN3O6. The zero-order valence-corrected chi connectivity index (χ0v) is 24.2. The molecule has 0 unspecified atom stereocenters. The van der Waals surface area contributed by atoms with Crippen LogP contribution in [0.2, 0.25) is 0 Å². The normalized spacial score (nSPS) is 10.5. The van der Waals surface area contributed by atoms with Crippen LogP contribution in [-0.2, 0) is 19.1 Å². The summed E-state index contributed by atoms with van der Waals surface area (Å²) in [5.41, 5.74) is 7.60. The highest BCUT2D eigenvalue weighted by atomic mass is 79.9. The van der Waals surface area contributed by atoms with Crippen LogP contribution in [0.25, 0.3) is 0 Å². The Morgan fingerprint density at radius 3 is 2.23 bits per heavy atom. The van der Waals surface area contributed by atoms with Gasteiger partial charge in [-0.05, 0) is 85.0 Å². The number of hydrogen-bond donors (Lipinski definition) is 3. The molecule has 0 radical (unpaired) electrons. The minimum atomic E-state index is -0.688. The predicted octanol–water partition coefficient (Wildman–Crippen LogP) is 5.79. The standard InChI is InChI=1S/C30H32BrN3O6/c1-19(2)25-16-7-20(3)17-26(25)40-24-14-12-23(13-15-24)32-27(35)5-4-6-29(37)39-18-28(36)33-34-30(38)21-8-10-22(31)11-9-21/h7-17,19H,4-6,18H2,1-3H3,(H,32,35)(H,33,36)(H,34,38). The quantitative estimate of drug-likeness (QED) is 0.187. The van der Waals surface area contributed by atoms with E-state index >= 15 is 0 Å². The van der Waals surface area contributed by atoms with Crippen LogP contribution in [0.4, 0.5) is 5.69 Å². The van der Waals surface area contributed by atoms with E-state index in [2.05, 4.69) is 58.1 Å². The van der Waals surface area contributed by atoms with Crippen molar-refractivity contribution in [3.05, 3.63) is 87.9 Å². The SMILES string of the molecule is Cc1ccc(C(C)C)c(Oc2ccc(NC(=O)CCCC(=O)OCC(=O)NNC(=O)c3ccc(Br)cc3)cc2)c1. The first-order valence-corrected chi connectivity index (χ1v) is 13.6. The molecule has 0 bridgehead atoms. The van der Waals surface area contributed by atoms with Crippen LogP contribution in [-0.4, -0.2) is 30.3 Å². The summed E-state index contributed by atoms with van der Waals surface area (Å²) in [4.78, 5) is 48.0. The van der Waals surface area contributed by atoms with Gasteiger partial charge in [-0.2, -0.15) is 0 Å². The van der Waals surface area contributed by atoms with Gasteiger partial charge in [-0.15, -0.1) is 0 Å². The minimum absolute atomic E-state index is 0.0343. The lowest BCUT2D eigenvalue weighted by molar-refractivity contribution is -0.148. The number of halogens is 1. The van der Waals surface area contributed by atoms with E-state index in [0.717, 1.165) is 21.3 Å². The van der Waals surface area contributed by atoms with Crippen molar-refractivity contribution >= 4 is 45.3 Å². The summed E-state index contributed by atoms with van der Waals surface area (Å²) < 4.78 is 11.8. The Bertz CT molecular complexity index is 1340. The van der Waals surface area contributed by atoms with Gasteiger partial charge in [-0.1, -0.05) is 41.9 Å². The van der Waals surface area contributed by atoms with E-state index in [1.54, 1.807) is 48.5 Å². The highest BCUT2D eigenvalue weighted by Crippen LogP contribution is 2.32. The molecule has 3 rings (SSSR count). The monoisotopic (exact) mass is 609 g/mol. The number of hydrazine groups is 1. The van der Waals surface area contributed by atoms with Crippen molar-refractivity contribution in [1.29, 1.82) is 0 Å². The van der Waals surface area contributed by atoms with Gasteiger partial charge in [0, 0.05) is 28.6 Å². The Labute approximate surface area is 241 Å². The summed E-state index contributed by atoms with van der Waals surface area (Å²) in [6, 6.07) is 19.8. The first-order chi connectivity index (χ1) is 19.1. The Kier molecular flexibility index (Phi) is 11.3. The third kappa shape index (κ3) is 9.85. The number of ether oxygens (including phenoxy) is 2. The van der Waals surface area contributed by atoms with E-state index in [-0.39, 0.29) is 25.2 Å². The van der Waals surface area contributed by atoms with Gasteiger partial charge >= 0.3 is 5.97 Å². The van der Waals surface area contributed by atoms with Crippen molar-refractivity contribution in [2.24, 2.45) is 0 Å². The van der Waals surface area contributed by atoms with Crippen LogP contribution in [0.5, 0.6) is 11.5 Å². The van der Waals surface area contributed by atoms with Crippen LogP contribution in [0.15, 0.2) is 71.2 Å². The van der Waals surface area contributed by atoms with Gasteiger partial charge in [0.2, 0.25) is 5.91 Å². The fraction of sp³-hybridized carbons (Fsp3) is 0.267. The number of amides is 3. The smallest absolute Gasteiger partial charge is 0.306 e. The molecule has 10 heteroatoms. The summed E-state index contributed by atoms with van der Waals surface area (Å²) >= 11 is 3.27. The first-order valence-electron chi connectivity index (χ1n) is 12.8. The van der Waals surface area contributed by atoms with Gasteiger partial charge < -0.3 is 14.8 Å². The number of carbonyl (C=O) groups excluding carboxylic acids is 4. The van der Waals surface area contributed by atoms with Gasteiger partial charge in [0.1, 0.15) is 11.5 Å². The van der Waals surface area contributed by atoms with E-state index in [4.69, 9.17) is 9.47 Å². The molecule has 0 atom stereocenters. The molecular weight excluding hydrogens is 578 g/mol. The third-order valence-corrected chi connectivity index (χ3v) is 6.26. The van der Waals surface area contributed by atoms with Crippen molar-refractivity contribution in [3.8, 4) is 11.5 Å². The number of hydrogen-bond acceptors (Lipinski definition) is 6. The molecule has 0 aliphatic heterocycles. The molecule has 0 aliphatic carbocycles. The summed E-state index contributed by atoms with van der Waals surface area (Å²) in [5, 5.41) is 2.79. The Hall–Kier alpha value is -4.18. The maximum atomic E-state index is 12.3. The second kappa shape index (κ2) is 14.8. The zero-order chi connectivity index (χ0) is 29.1. The molecule has 0 aromatic heterocycles. The molecule has 3 aromatic rings. The third-order valence-electron chi connectivity index (χ3n) is 5.73. The van der Waals surface area contributed by atoms with Crippen LogP contribution in [0.1, 0.15) is 60.5 Å². The molecule has 0 heterocycles. The largest absolute Gasteiger partial charge is 0.457 e. The van der Waals surface area contributed by atoms with Gasteiger partial charge in [0.25, 0.3) is 11.8 Å². The molecule has 0 saturated heterocycles. The molecule has 3 N–H and O–H groups in total. The minimum Gasteiger partial charge on any atom is -0.457 e. The molecule has 40 heavy (non-hydrogen) atoms. The van der Waals surface area contributed by atoms with Crippen molar-refractivity contribution in [2.75, 3.05) is 11.9 Å². The van der Waals surface area contributed by atoms with Crippen LogP contribution in [0.3, 0.4) is 0 Å². The van der Waals surface area contributed by atoms with Crippen molar-refractivity contribution in [2.45, 2.75) is 46.0 Å². The van der Waals surface area contributed by atoms with Gasteiger partial charge in [0.15, 0.2) is 6.61 Å². The highest BCUT2D eigenvalue weighted by molar-refractivity contribution is 9.10. The molecule has 9 nitrogen and oxygen atoms in total. The lowest BCUT2D eigenvalue weighted by atomic mass is 10.0. The lowest BCUT2D eigenvalue weighted by Gasteiger charge is -2.15. The van der Waals surface area contributed by atoms with E-state index in [0.29, 0.717) is 22.9 Å². The first kappa shape index (κ1) is 30.4. The number of nitrogens with one attached hydrogen (secondary N) is 3. The molecule has 0 aliphatic rings. The molecule has 210 valence electrons. The van der Waals surface area contributed by atoms with E-state index in [9.17, 15) is 19.2 Å². The zero-order valence-electron chi connectivity index (χ0n) is 22.6. The van der Waals surface area contributed by atoms with E-state index < -0.39 is 24.4 Å². The number of esters is 1. The Morgan fingerprint density at radius 1 is 0.850 bits per heavy atom. The molecule has 3 amide bonds. The average molecular weight is 611 g/mol. The van der Waals surface area contributed by atoms with Crippen LogP contribution >= 0.6 is 15.9 Å². The Morgan fingerprint density at radius 2 is 1.55 bits per heavy atom. The van der Waals surface area contributed by atoms with Crippen molar-refractivity contribution < 1.29 is 28.7 Å². The number of rotatable bonds is 11. The fourth-order valence-electron chi connectivity index (χ4n) is 3.61. The Balaban J connectivity index is 1.34. The number of carbonyl (C=O) groups is 4.